The number of fused-ring (bicyclic) bond motifs is 1. The van der Waals surface area contributed by atoms with Crippen molar-refractivity contribution in [3.63, 3.8) is 0 Å². The summed E-state index contributed by atoms with van der Waals surface area (Å²) in [6.07, 6.45) is -2.43. The van der Waals surface area contributed by atoms with Gasteiger partial charge in [-0.3, -0.25) is 0 Å². The Hall–Kier alpha value is -0.200. The first kappa shape index (κ1) is 9.36. The van der Waals surface area contributed by atoms with E-state index < -0.39 is 30.4 Å². The van der Waals surface area contributed by atoms with Crippen molar-refractivity contribution in [2.75, 3.05) is 6.61 Å². The Kier molecular flexibility index (Phi) is 2.08. The Labute approximate surface area is 76.2 Å². The zero-order chi connectivity index (χ0) is 9.64. The lowest BCUT2D eigenvalue weighted by Gasteiger charge is -2.21. The van der Waals surface area contributed by atoms with E-state index >= 15 is 0 Å². The Bertz CT molecular complexity index is 205. The lowest BCUT2D eigenvalue weighted by molar-refractivity contribution is -0.218. The number of hydrogen-bond donors (Lipinski definition) is 2. The Balaban J connectivity index is 2.07. The van der Waals surface area contributed by atoms with Crippen molar-refractivity contribution < 1.29 is 24.4 Å². The predicted molar refractivity (Wildman–Crippen MR) is 41.8 cm³/mol. The minimum Gasteiger partial charge on any atom is -0.394 e. The van der Waals surface area contributed by atoms with Crippen LogP contribution in [0.5, 0.6) is 0 Å². The molecule has 0 amide bonds. The smallest absolute Gasteiger partial charge is 0.190 e. The van der Waals surface area contributed by atoms with Gasteiger partial charge < -0.3 is 24.4 Å². The molecule has 0 saturated carbocycles. The highest BCUT2D eigenvalue weighted by atomic mass is 16.8. The SMILES string of the molecule is CC1(C)O[C@@H]2O[C@H](CO)[C@H](O)[C@@H]2O1. The first-order valence-electron chi connectivity index (χ1n) is 4.33. The quantitative estimate of drug-likeness (QED) is 0.567. The molecule has 0 aromatic heterocycles. The molecule has 5 heteroatoms. The van der Waals surface area contributed by atoms with Gasteiger partial charge >= 0.3 is 0 Å². The van der Waals surface area contributed by atoms with E-state index in [1.165, 1.54) is 0 Å². The summed E-state index contributed by atoms with van der Waals surface area (Å²) in [5.41, 5.74) is 0. The Morgan fingerprint density at radius 2 is 2.00 bits per heavy atom. The number of aliphatic hydroxyl groups is 2. The summed E-state index contributed by atoms with van der Waals surface area (Å²) in [7, 11) is 0. The van der Waals surface area contributed by atoms with Crippen LogP contribution in [0, 0.1) is 0 Å². The molecule has 0 bridgehead atoms. The number of rotatable bonds is 1. The van der Waals surface area contributed by atoms with Crippen LogP contribution < -0.4 is 0 Å². The standard InChI is InChI=1S/C8H14O5/c1-8(2)12-6-5(10)4(3-9)11-7(6)13-8/h4-7,9-10H,3H2,1-2H3/t4-,5+,6+,7+/m1/s1. The van der Waals surface area contributed by atoms with Crippen LogP contribution in [-0.2, 0) is 14.2 Å². The van der Waals surface area contributed by atoms with Crippen LogP contribution in [0.25, 0.3) is 0 Å². The zero-order valence-electron chi connectivity index (χ0n) is 7.64. The van der Waals surface area contributed by atoms with E-state index in [-0.39, 0.29) is 6.61 Å². The molecule has 2 aliphatic heterocycles. The van der Waals surface area contributed by atoms with E-state index in [4.69, 9.17) is 19.3 Å². The van der Waals surface area contributed by atoms with Crippen molar-refractivity contribution >= 4 is 0 Å². The summed E-state index contributed by atoms with van der Waals surface area (Å²) in [5, 5.41) is 18.4. The van der Waals surface area contributed by atoms with Crippen LogP contribution in [0.2, 0.25) is 0 Å². The van der Waals surface area contributed by atoms with E-state index in [0.29, 0.717) is 0 Å². The van der Waals surface area contributed by atoms with Gasteiger partial charge in [-0.25, -0.2) is 0 Å². The maximum absolute atomic E-state index is 9.60. The van der Waals surface area contributed by atoms with Crippen LogP contribution in [0.4, 0.5) is 0 Å². The molecule has 0 spiro atoms. The molecule has 2 saturated heterocycles. The molecule has 2 rings (SSSR count). The summed E-state index contributed by atoms with van der Waals surface area (Å²) in [6, 6.07) is 0. The molecule has 0 radical (unpaired) electrons. The van der Waals surface area contributed by atoms with E-state index in [2.05, 4.69) is 0 Å². The summed E-state index contributed by atoms with van der Waals surface area (Å²) >= 11 is 0. The van der Waals surface area contributed by atoms with Gasteiger partial charge in [-0.2, -0.15) is 0 Å². The molecule has 0 unspecified atom stereocenters. The fourth-order valence-corrected chi connectivity index (χ4v) is 1.71. The maximum Gasteiger partial charge on any atom is 0.190 e. The molecular weight excluding hydrogens is 176 g/mol. The van der Waals surface area contributed by atoms with Crippen molar-refractivity contribution in [1.82, 2.24) is 0 Å². The molecule has 2 heterocycles. The molecule has 4 atom stereocenters. The third-order valence-electron chi connectivity index (χ3n) is 2.29. The van der Waals surface area contributed by atoms with Crippen LogP contribution in [0.15, 0.2) is 0 Å². The zero-order valence-corrected chi connectivity index (χ0v) is 7.64. The predicted octanol–water partition coefficient (Wildman–Crippen LogP) is -0.784. The first-order valence-corrected chi connectivity index (χ1v) is 4.33. The molecule has 0 aromatic carbocycles. The molecule has 13 heavy (non-hydrogen) atoms. The fraction of sp³-hybridized carbons (Fsp3) is 1.00. The largest absolute Gasteiger partial charge is 0.394 e. The van der Waals surface area contributed by atoms with Crippen LogP contribution >= 0.6 is 0 Å². The molecular formula is C8H14O5. The normalized spacial score (nSPS) is 48.0. The van der Waals surface area contributed by atoms with E-state index in [1.54, 1.807) is 13.8 Å². The fourth-order valence-electron chi connectivity index (χ4n) is 1.71. The summed E-state index contributed by atoms with van der Waals surface area (Å²) in [4.78, 5) is 0. The van der Waals surface area contributed by atoms with Gasteiger partial charge in [0.25, 0.3) is 0 Å². The Morgan fingerprint density at radius 3 is 2.54 bits per heavy atom. The number of ether oxygens (including phenoxy) is 3. The van der Waals surface area contributed by atoms with Gasteiger partial charge in [0.2, 0.25) is 0 Å². The van der Waals surface area contributed by atoms with Gasteiger partial charge in [-0.15, -0.1) is 0 Å². The lowest BCUT2D eigenvalue weighted by atomic mass is 10.1. The van der Waals surface area contributed by atoms with Gasteiger partial charge in [0, 0.05) is 0 Å². The van der Waals surface area contributed by atoms with Gasteiger partial charge in [-0.05, 0) is 13.8 Å². The van der Waals surface area contributed by atoms with E-state index in [0.717, 1.165) is 0 Å². The first-order chi connectivity index (χ1) is 6.03. The van der Waals surface area contributed by atoms with Crippen molar-refractivity contribution in [3.8, 4) is 0 Å². The molecule has 0 aliphatic carbocycles. The topological polar surface area (TPSA) is 68.2 Å². The van der Waals surface area contributed by atoms with Crippen molar-refractivity contribution in [1.29, 1.82) is 0 Å². The summed E-state index contributed by atoms with van der Waals surface area (Å²) in [5.74, 6) is -0.712. The second-order valence-corrected chi connectivity index (χ2v) is 3.82. The van der Waals surface area contributed by atoms with E-state index in [9.17, 15) is 5.11 Å². The highest BCUT2D eigenvalue weighted by Gasteiger charge is 2.53. The van der Waals surface area contributed by atoms with Gasteiger partial charge in [-0.1, -0.05) is 0 Å². The highest BCUT2D eigenvalue weighted by molar-refractivity contribution is 4.92. The molecule has 0 aromatic rings. The third kappa shape index (κ3) is 1.47. The minimum absolute atomic E-state index is 0.221. The number of hydrogen-bond acceptors (Lipinski definition) is 5. The molecule has 76 valence electrons. The molecule has 2 aliphatic rings. The second kappa shape index (κ2) is 2.90. The maximum atomic E-state index is 9.60. The van der Waals surface area contributed by atoms with Crippen molar-refractivity contribution in [2.24, 2.45) is 0 Å². The Morgan fingerprint density at radius 1 is 1.31 bits per heavy atom. The summed E-state index contributed by atoms with van der Waals surface area (Å²) in [6.45, 7) is 3.30. The number of aliphatic hydroxyl groups excluding tert-OH is 2. The van der Waals surface area contributed by atoms with Gasteiger partial charge in [0.15, 0.2) is 12.1 Å². The van der Waals surface area contributed by atoms with Gasteiger partial charge in [0.1, 0.15) is 18.3 Å². The average Bonchev–Trinajstić information content (AvgIpc) is 2.47. The van der Waals surface area contributed by atoms with Crippen LogP contribution in [-0.4, -0.2) is 47.2 Å². The summed E-state index contributed by atoms with van der Waals surface area (Å²) < 4.78 is 16.0. The monoisotopic (exact) mass is 190 g/mol. The van der Waals surface area contributed by atoms with Crippen LogP contribution in [0.1, 0.15) is 13.8 Å². The second-order valence-electron chi connectivity index (χ2n) is 3.82. The van der Waals surface area contributed by atoms with Crippen molar-refractivity contribution in [3.05, 3.63) is 0 Å². The van der Waals surface area contributed by atoms with E-state index in [1.807, 2.05) is 0 Å². The molecule has 2 N–H and O–H groups in total. The third-order valence-corrected chi connectivity index (χ3v) is 2.29. The highest BCUT2D eigenvalue weighted by Crippen LogP contribution is 2.36. The van der Waals surface area contributed by atoms with Crippen LogP contribution in [0.3, 0.4) is 0 Å². The minimum atomic E-state index is -0.809. The average molecular weight is 190 g/mol. The lowest BCUT2D eigenvalue weighted by Crippen LogP contribution is -2.36. The van der Waals surface area contributed by atoms with Crippen molar-refractivity contribution in [2.45, 2.75) is 44.2 Å². The molecule has 5 nitrogen and oxygen atoms in total. The molecule has 2 fully saturated rings. The van der Waals surface area contributed by atoms with Gasteiger partial charge in [0.05, 0.1) is 6.61 Å².